The molecule has 2 aromatic rings. The zero-order chi connectivity index (χ0) is 13.1. The number of carbonyl (C=O) groups excluding carboxylic acids is 1. The average molecular weight is 246 g/mol. The van der Waals surface area contributed by atoms with Crippen LogP contribution in [0.4, 0.5) is 5.82 Å². The van der Waals surface area contributed by atoms with Gasteiger partial charge in [0.25, 0.3) is 5.91 Å². The van der Waals surface area contributed by atoms with E-state index in [9.17, 15) is 9.59 Å². The summed E-state index contributed by atoms with van der Waals surface area (Å²) >= 11 is 0. The first kappa shape index (κ1) is 11.8. The molecule has 0 aliphatic rings. The smallest absolute Gasteiger partial charge is 0.371 e. The molecule has 0 radical (unpaired) electrons. The molecule has 6 nitrogen and oxygen atoms in total. The molecule has 18 heavy (non-hydrogen) atoms. The second kappa shape index (κ2) is 4.70. The van der Waals surface area contributed by atoms with E-state index >= 15 is 0 Å². The predicted octanol–water partition coefficient (Wildman–Crippen LogP) is 1.93. The number of carboxylic acids is 1. The van der Waals surface area contributed by atoms with E-state index < -0.39 is 11.9 Å². The van der Waals surface area contributed by atoms with Crippen molar-refractivity contribution in [2.75, 3.05) is 5.32 Å². The van der Waals surface area contributed by atoms with Gasteiger partial charge in [0.2, 0.25) is 5.76 Å². The summed E-state index contributed by atoms with van der Waals surface area (Å²) in [4.78, 5) is 26.4. The predicted molar refractivity (Wildman–Crippen MR) is 62.6 cm³/mol. The van der Waals surface area contributed by atoms with E-state index in [1.54, 1.807) is 25.3 Å². The van der Waals surface area contributed by atoms with Gasteiger partial charge in [0.05, 0.1) is 0 Å². The minimum absolute atomic E-state index is 0.0718. The molecule has 0 aliphatic heterocycles. The number of rotatable bonds is 3. The van der Waals surface area contributed by atoms with Crippen molar-refractivity contribution in [3.63, 3.8) is 0 Å². The lowest BCUT2D eigenvalue weighted by molar-refractivity contribution is 0.0660. The quantitative estimate of drug-likeness (QED) is 0.863. The van der Waals surface area contributed by atoms with Crippen molar-refractivity contribution in [2.24, 2.45) is 0 Å². The Morgan fingerprint density at radius 3 is 2.61 bits per heavy atom. The van der Waals surface area contributed by atoms with Gasteiger partial charge in [-0.3, -0.25) is 4.79 Å². The van der Waals surface area contributed by atoms with E-state index in [0.29, 0.717) is 5.82 Å². The summed E-state index contributed by atoms with van der Waals surface area (Å²) in [6.45, 7) is 1.80. The van der Waals surface area contributed by atoms with Gasteiger partial charge in [-0.1, -0.05) is 6.07 Å². The number of pyridine rings is 1. The van der Waals surface area contributed by atoms with Crippen LogP contribution in [0.25, 0.3) is 0 Å². The van der Waals surface area contributed by atoms with Gasteiger partial charge < -0.3 is 14.8 Å². The number of nitrogens with zero attached hydrogens (tertiary/aromatic N) is 1. The second-order valence-corrected chi connectivity index (χ2v) is 3.59. The number of anilines is 1. The van der Waals surface area contributed by atoms with Crippen molar-refractivity contribution in [1.82, 2.24) is 4.98 Å². The van der Waals surface area contributed by atoms with Gasteiger partial charge >= 0.3 is 5.97 Å². The number of carbonyl (C=O) groups is 2. The van der Waals surface area contributed by atoms with Crippen LogP contribution >= 0.6 is 0 Å². The first-order valence-electron chi connectivity index (χ1n) is 5.14. The lowest BCUT2D eigenvalue weighted by Gasteiger charge is -2.04. The van der Waals surface area contributed by atoms with Crippen molar-refractivity contribution in [3.05, 3.63) is 47.5 Å². The minimum atomic E-state index is -1.22. The van der Waals surface area contributed by atoms with Crippen LogP contribution in [0.5, 0.6) is 0 Å². The molecule has 0 bridgehead atoms. The molecule has 92 valence electrons. The number of amides is 1. The molecule has 2 N–H and O–H groups in total. The van der Waals surface area contributed by atoms with Crippen LogP contribution in [0.2, 0.25) is 0 Å². The molecule has 1 amide bonds. The molecule has 0 aliphatic carbocycles. The Kier molecular flexibility index (Phi) is 3.09. The van der Waals surface area contributed by atoms with E-state index in [-0.39, 0.29) is 11.5 Å². The first-order valence-corrected chi connectivity index (χ1v) is 5.14. The van der Waals surface area contributed by atoms with E-state index in [2.05, 4.69) is 10.3 Å². The van der Waals surface area contributed by atoms with E-state index in [1.165, 1.54) is 12.1 Å². The van der Waals surface area contributed by atoms with Crippen LogP contribution in [-0.4, -0.2) is 22.0 Å². The Morgan fingerprint density at radius 1 is 1.28 bits per heavy atom. The number of furan rings is 1. The summed E-state index contributed by atoms with van der Waals surface area (Å²) in [7, 11) is 0. The molecule has 0 atom stereocenters. The number of carboxylic acid groups (broad SMARTS) is 1. The van der Waals surface area contributed by atoms with Gasteiger partial charge in [-0.2, -0.15) is 0 Å². The number of hydrogen-bond acceptors (Lipinski definition) is 4. The Bertz CT molecular complexity index is 604. The van der Waals surface area contributed by atoms with Gasteiger partial charge in [-0.15, -0.1) is 0 Å². The summed E-state index contributed by atoms with van der Waals surface area (Å²) in [6.07, 6.45) is 1.55. The van der Waals surface area contributed by atoms with Crippen LogP contribution in [0, 0.1) is 6.92 Å². The normalized spacial score (nSPS) is 10.1. The number of aromatic nitrogens is 1. The third-order valence-corrected chi connectivity index (χ3v) is 2.28. The molecule has 0 saturated heterocycles. The highest BCUT2D eigenvalue weighted by Gasteiger charge is 2.15. The molecule has 2 aromatic heterocycles. The van der Waals surface area contributed by atoms with Crippen LogP contribution in [0.1, 0.15) is 26.7 Å². The molecule has 6 heteroatoms. The molecule has 0 unspecified atom stereocenters. The van der Waals surface area contributed by atoms with E-state index in [0.717, 1.165) is 5.56 Å². The van der Waals surface area contributed by atoms with Crippen LogP contribution < -0.4 is 5.32 Å². The van der Waals surface area contributed by atoms with Gasteiger partial charge in [0.15, 0.2) is 5.76 Å². The fourth-order valence-corrected chi connectivity index (χ4v) is 1.36. The van der Waals surface area contributed by atoms with Crippen molar-refractivity contribution in [2.45, 2.75) is 6.92 Å². The average Bonchev–Trinajstić information content (AvgIpc) is 2.81. The monoisotopic (exact) mass is 246 g/mol. The minimum Gasteiger partial charge on any atom is -0.475 e. The summed E-state index contributed by atoms with van der Waals surface area (Å²) in [5.74, 6) is -1.70. The Hall–Kier alpha value is -2.63. The lowest BCUT2D eigenvalue weighted by Crippen LogP contribution is -2.13. The highest BCUT2D eigenvalue weighted by atomic mass is 16.4. The molecule has 2 rings (SSSR count). The third kappa shape index (κ3) is 2.37. The maximum atomic E-state index is 11.8. The van der Waals surface area contributed by atoms with Crippen LogP contribution in [-0.2, 0) is 0 Å². The Morgan fingerprint density at radius 2 is 2.00 bits per heavy atom. The topological polar surface area (TPSA) is 92.4 Å². The maximum absolute atomic E-state index is 11.8. The Balaban J connectivity index is 2.17. The zero-order valence-electron chi connectivity index (χ0n) is 9.51. The van der Waals surface area contributed by atoms with Gasteiger partial charge in [0.1, 0.15) is 5.82 Å². The number of hydrogen-bond donors (Lipinski definition) is 2. The summed E-state index contributed by atoms with van der Waals surface area (Å²) < 4.78 is 4.88. The summed E-state index contributed by atoms with van der Waals surface area (Å²) in [5.41, 5.74) is 0.802. The lowest BCUT2D eigenvalue weighted by atomic mass is 10.3. The molecular weight excluding hydrogens is 236 g/mol. The third-order valence-electron chi connectivity index (χ3n) is 2.28. The van der Waals surface area contributed by atoms with Crippen molar-refractivity contribution >= 4 is 17.7 Å². The van der Waals surface area contributed by atoms with Crippen LogP contribution in [0.3, 0.4) is 0 Å². The molecule has 0 fully saturated rings. The number of aryl methyl sites for hydroxylation is 1. The van der Waals surface area contributed by atoms with Crippen molar-refractivity contribution < 1.29 is 19.1 Å². The largest absolute Gasteiger partial charge is 0.475 e. The summed E-state index contributed by atoms with van der Waals surface area (Å²) in [5, 5.41) is 11.2. The number of aromatic carboxylic acids is 1. The summed E-state index contributed by atoms with van der Waals surface area (Å²) in [6, 6.07) is 6.08. The van der Waals surface area contributed by atoms with E-state index in [4.69, 9.17) is 9.52 Å². The van der Waals surface area contributed by atoms with Gasteiger partial charge in [-0.25, -0.2) is 9.78 Å². The van der Waals surface area contributed by atoms with E-state index in [1.807, 2.05) is 0 Å². The molecule has 0 aromatic carbocycles. The maximum Gasteiger partial charge on any atom is 0.371 e. The molecule has 0 spiro atoms. The fraction of sp³-hybridized carbons (Fsp3) is 0.0833. The van der Waals surface area contributed by atoms with Gasteiger partial charge in [-0.05, 0) is 30.7 Å². The standard InChI is InChI=1S/C12H10N2O4/c1-7-3-2-6-13-10(7)14-11(15)8-4-5-9(18-8)12(16)17/h2-6H,1H3,(H,16,17)(H,13,14,15). The van der Waals surface area contributed by atoms with Crippen molar-refractivity contribution in [1.29, 1.82) is 0 Å². The fourth-order valence-electron chi connectivity index (χ4n) is 1.36. The zero-order valence-corrected chi connectivity index (χ0v) is 9.51. The number of nitrogens with one attached hydrogen (secondary N) is 1. The first-order chi connectivity index (χ1) is 8.58. The van der Waals surface area contributed by atoms with Gasteiger partial charge in [0, 0.05) is 6.20 Å². The highest BCUT2D eigenvalue weighted by molar-refractivity contribution is 6.02. The Labute approximate surface area is 102 Å². The SMILES string of the molecule is Cc1cccnc1NC(=O)c1ccc(C(=O)O)o1. The molecular formula is C12H10N2O4. The van der Waals surface area contributed by atoms with Crippen LogP contribution in [0.15, 0.2) is 34.9 Å². The molecule has 2 heterocycles. The molecule has 0 saturated carbocycles. The highest BCUT2D eigenvalue weighted by Crippen LogP contribution is 2.13. The van der Waals surface area contributed by atoms with Crippen molar-refractivity contribution in [3.8, 4) is 0 Å². The second-order valence-electron chi connectivity index (χ2n) is 3.59.